The van der Waals surface area contributed by atoms with Crippen LogP contribution in [0.4, 0.5) is 5.69 Å². The van der Waals surface area contributed by atoms with Crippen LogP contribution in [-0.4, -0.2) is 42.9 Å². The second-order valence-electron chi connectivity index (χ2n) is 4.16. The largest absolute Gasteiger partial charge is 0.378 e. The minimum absolute atomic E-state index is 0.126. The van der Waals surface area contributed by atoms with Crippen molar-refractivity contribution in [2.24, 2.45) is 5.10 Å². The van der Waals surface area contributed by atoms with Gasteiger partial charge in [-0.05, 0) is 40.8 Å². The maximum Gasteiger partial charge on any atom is 0.276 e. The Bertz CT molecular complexity index is 524. The zero-order valence-corrected chi connectivity index (χ0v) is 11.8. The fraction of sp³-hybridized carbons (Fsp3) is 0.333. The first kappa shape index (κ1) is 11.9. The van der Waals surface area contributed by atoms with Gasteiger partial charge in [-0.15, -0.1) is 0 Å². The topological polar surface area (TPSA) is 53.9 Å². The summed E-state index contributed by atoms with van der Waals surface area (Å²) < 4.78 is 6.36. The van der Waals surface area contributed by atoms with E-state index < -0.39 is 0 Å². The van der Waals surface area contributed by atoms with Gasteiger partial charge in [-0.3, -0.25) is 9.80 Å². The molecule has 5 nitrogen and oxygen atoms in total. The fourth-order valence-corrected chi connectivity index (χ4v) is 2.51. The molecular formula is C12H12IN3O2. The minimum atomic E-state index is -0.126. The second kappa shape index (κ2) is 4.85. The third kappa shape index (κ3) is 2.22. The number of ether oxygens (including phenoxy) is 1. The van der Waals surface area contributed by atoms with E-state index in [1.54, 1.807) is 0 Å². The molecule has 1 saturated heterocycles. The number of fused-ring (bicyclic) bond motifs is 1. The van der Waals surface area contributed by atoms with Crippen LogP contribution in [0.2, 0.25) is 0 Å². The molecule has 2 heterocycles. The van der Waals surface area contributed by atoms with E-state index in [0.717, 1.165) is 27.9 Å². The van der Waals surface area contributed by atoms with Crippen molar-refractivity contribution >= 4 is 39.9 Å². The zero-order valence-electron chi connectivity index (χ0n) is 9.65. The Labute approximate surface area is 118 Å². The van der Waals surface area contributed by atoms with Crippen molar-refractivity contribution < 1.29 is 9.53 Å². The van der Waals surface area contributed by atoms with Crippen LogP contribution >= 0.6 is 22.6 Å². The van der Waals surface area contributed by atoms with Crippen LogP contribution in [0.5, 0.6) is 0 Å². The lowest BCUT2D eigenvalue weighted by Crippen LogP contribution is -2.34. The molecule has 18 heavy (non-hydrogen) atoms. The van der Waals surface area contributed by atoms with Crippen molar-refractivity contribution in [3.8, 4) is 0 Å². The van der Waals surface area contributed by atoms with Gasteiger partial charge in [-0.25, -0.2) is 0 Å². The zero-order chi connectivity index (χ0) is 12.5. The van der Waals surface area contributed by atoms with E-state index in [-0.39, 0.29) is 5.91 Å². The first-order valence-electron chi connectivity index (χ1n) is 5.76. The van der Waals surface area contributed by atoms with Gasteiger partial charge in [-0.2, -0.15) is 5.10 Å². The Morgan fingerprint density at radius 2 is 2.11 bits per heavy atom. The van der Waals surface area contributed by atoms with E-state index in [9.17, 15) is 4.79 Å². The van der Waals surface area contributed by atoms with Crippen LogP contribution in [0, 0.1) is 3.57 Å². The number of carbonyl (C=O) groups is 1. The lowest BCUT2D eigenvalue weighted by molar-refractivity contribution is -0.110. The molecule has 1 fully saturated rings. The Balaban J connectivity index is 1.95. The molecular weight excluding hydrogens is 345 g/mol. The normalized spacial score (nSPS) is 21.1. The van der Waals surface area contributed by atoms with E-state index >= 15 is 0 Å². The van der Waals surface area contributed by atoms with Gasteiger partial charge in [0.05, 0.1) is 32.0 Å². The Kier molecular flexibility index (Phi) is 3.21. The predicted octanol–water partition coefficient (Wildman–Crippen LogP) is 1.28. The van der Waals surface area contributed by atoms with Gasteiger partial charge in [0.1, 0.15) is 0 Å². The van der Waals surface area contributed by atoms with Crippen LogP contribution in [0.3, 0.4) is 0 Å². The minimum Gasteiger partial charge on any atom is -0.378 e. The van der Waals surface area contributed by atoms with Gasteiger partial charge in [-0.1, -0.05) is 0 Å². The molecule has 0 unspecified atom stereocenters. The smallest absolute Gasteiger partial charge is 0.276 e. The number of amides is 1. The quantitative estimate of drug-likeness (QED) is 0.771. The monoisotopic (exact) mass is 357 g/mol. The summed E-state index contributed by atoms with van der Waals surface area (Å²) in [6, 6.07) is 5.86. The molecule has 0 spiro atoms. The summed E-state index contributed by atoms with van der Waals surface area (Å²) in [6.07, 6.45) is 0. The average Bonchev–Trinajstić information content (AvgIpc) is 2.67. The maximum absolute atomic E-state index is 11.9. The fourth-order valence-electron chi connectivity index (χ4n) is 2.02. The molecule has 0 saturated carbocycles. The van der Waals surface area contributed by atoms with E-state index in [2.05, 4.69) is 33.0 Å². The van der Waals surface area contributed by atoms with Gasteiger partial charge < -0.3 is 10.1 Å². The van der Waals surface area contributed by atoms with Crippen molar-refractivity contribution in [1.82, 2.24) is 5.01 Å². The summed E-state index contributed by atoms with van der Waals surface area (Å²) in [5.74, 6) is -0.126. The highest BCUT2D eigenvalue weighted by Gasteiger charge is 2.27. The number of hydrogen-bond donors (Lipinski definition) is 1. The lowest BCUT2D eigenvalue weighted by Gasteiger charge is -2.24. The summed E-state index contributed by atoms with van der Waals surface area (Å²) in [6.45, 7) is 2.79. The van der Waals surface area contributed by atoms with Crippen LogP contribution in [0.1, 0.15) is 5.56 Å². The van der Waals surface area contributed by atoms with E-state index in [1.807, 2.05) is 23.2 Å². The van der Waals surface area contributed by atoms with Crippen molar-refractivity contribution in [2.75, 3.05) is 31.6 Å². The lowest BCUT2D eigenvalue weighted by atomic mass is 10.1. The molecule has 0 aromatic heterocycles. The maximum atomic E-state index is 11.9. The number of halogens is 1. The summed E-state index contributed by atoms with van der Waals surface area (Å²) >= 11 is 2.23. The first-order valence-corrected chi connectivity index (χ1v) is 6.84. The molecule has 2 aliphatic heterocycles. The van der Waals surface area contributed by atoms with Crippen LogP contribution in [0.15, 0.2) is 23.3 Å². The first-order chi connectivity index (χ1) is 8.74. The molecule has 6 heteroatoms. The SMILES string of the molecule is O=C1Nc2ccc(I)cc2C1=NN1CCOCC1. The number of rotatable bonds is 1. The summed E-state index contributed by atoms with van der Waals surface area (Å²) in [5.41, 5.74) is 2.23. The highest BCUT2D eigenvalue weighted by molar-refractivity contribution is 14.1. The Hall–Kier alpha value is -1.15. The van der Waals surface area contributed by atoms with Crippen LogP contribution in [0.25, 0.3) is 0 Å². The van der Waals surface area contributed by atoms with Crippen molar-refractivity contribution in [2.45, 2.75) is 0 Å². The van der Waals surface area contributed by atoms with Crippen molar-refractivity contribution in [1.29, 1.82) is 0 Å². The van der Waals surface area contributed by atoms with E-state index in [4.69, 9.17) is 4.74 Å². The number of nitrogens with one attached hydrogen (secondary N) is 1. The number of hydrogen-bond acceptors (Lipinski definition) is 4. The molecule has 1 aromatic carbocycles. The molecule has 0 radical (unpaired) electrons. The average molecular weight is 357 g/mol. The van der Waals surface area contributed by atoms with Crippen molar-refractivity contribution in [3.05, 3.63) is 27.3 Å². The third-order valence-electron chi connectivity index (χ3n) is 2.93. The molecule has 1 amide bonds. The summed E-state index contributed by atoms with van der Waals surface area (Å²) in [7, 11) is 0. The van der Waals surface area contributed by atoms with Crippen LogP contribution in [-0.2, 0) is 9.53 Å². The van der Waals surface area contributed by atoms with Gasteiger partial charge in [0.25, 0.3) is 5.91 Å². The Morgan fingerprint density at radius 3 is 2.89 bits per heavy atom. The number of nitrogens with zero attached hydrogens (tertiary/aromatic N) is 2. The number of hydrazone groups is 1. The number of morpholine rings is 1. The van der Waals surface area contributed by atoms with Gasteiger partial charge in [0, 0.05) is 9.13 Å². The standard InChI is InChI=1S/C12H12IN3O2/c13-8-1-2-10-9(7-8)11(12(17)14-10)15-16-3-5-18-6-4-16/h1-2,7H,3-6H2,(H,14,15,17). The van der Waals surface area contributed by atoms with Gasteiger partial charge in [0.2, 0.25) is 0 Å². The summed E-state index contributed by atoms with van der Waals surface area (Å²) in [5, 5.41) is 9.18. The molecule has 1 aromatic rings. The molecule has 94 valence electrons. The third-order valence-corrected chi connectivity index (χ3v) is 3.60. The van der Waals surface area contributed by atoms with Crippen LogP contribution < -0.4 is 5.32 Å². The van der Waals surface area contributed by atoms with Gasteiger partial charge >= 0.3 is 0 Å². The van der Waals surface area contributed by atoms with Crippen molar-refractivity contribution in [3.63, 3.8) is 0 Å². The number of anilines is 1. The second-order valence-corrected chi connectivity index (χ2v) is 5.40. The molecule has 0 atom stereocenters. The van der Waals surface area contributed by atoms with E-state index in [0.29, 0.717) is 18.9 Å². The molecule has 2 aliphatic rings. The Morgan fingerprint density at radius 1 is 1.33 bits per heavy atom. The number of carbonyl (C=O) groups excluding carboxylic acids is 1. The molecule has 0 aliphatic carbocycles. The summed E-state index contributed by atoms with van der Waals surface area (Å²) in [4.78, 5) is 11.9. The predicted molar refractivity (Wildman–Crippen MR) is 76.7 cm³/mol. The number of benzene rings is 1. The molecule has 0 bridgehead atoms. The highest BCUT2D eigenvalue weighted by Crippen LogP contribution is 2.25. The molecule has 1 N–H and O–H groups in total. The van der Waals surface area contributed by atoms with Gasteiger partial charge in [0.15, 0.2) is 5.71 Å². The van der Waals surface area contributed by atoms with E-state index in [1.165, 1.54) is 0 Å². The molecule has 3 rings (SSSR count). The highest BCUT2D eigenvalue weighted by atomic mass is 127.